The fourth-order valence-corrected chi connectivity index (χ4v) is 3.12. The molecule has 1 saturated heterocycles. The summed E-state index contributed by atoms with van der Waals surface area (Å²) in [5, 5.41) is 32.8. The highest BCUT2D eigenvalue weighted by molar-refractivity contribution is 5.90. The lowest BCUT2D eigenvalue weighted by molar-refractivity contribution is -0.384. The minimum Gasteiger partial charge on any atom is -0.478 e. The molecular formula is C21H25N5O8. The fraction of sp³-hybridized carbons (Fsp3) is 0.381. The molecule has 0 atom stereocenters. The minimum absolute atomic E-state index is 0.0276. The van der Waals surface area contributed by atoms with E-state index in [4.69, 9.17) is 14.7 Å². The summed E-state index contributed by atoms with van der Waals surface area (Å²) >= 11 is 0. The van der Waals surface area contributed by atoms with Crippen LogP contribution in [0.3, 0.4) is 0 Å². The molecule has 1 aliphatic heterocycles. The van der Waals surface area contributed by atoms with Gasteiger partial charge >= 0.3 is 11.9 Å². The molecule has 3 N–H and O–H groups in total. The second-order valence-electron chi connectivity index (χ2n) is 7.53. The van der Waals surface area contributed by atoms with Gasteiger partial charge in [0.25, 0.3) is 23.3 Å². The number of aliphatic carboxylic acids is 2. The number of amides is 1. The van der Waals surface area contributed by atoms with Crippen LogP contribution in [0.15, 0.2) is 40.9 Å². The van der Waals surface area contributed by atoms with E-state index in [1.54, 1.807) is 0 Å². The number of aromatic nitrogens is 2. The zero-order chi connectivity index (χ0) is 25.1. The summed E-state index contributed by atoms with van der Waals surface area (Å²) in [6.07, 6.45) is 4.36. The van der Waals surface area contributed by atoms with Crippen LogP contribution in [0.2, 0.25) is 0 Å². The summed E-state index contributed by atoms with van der Waals surface area (Å²) in [5.74, 6) is -2.15. The second kappa shape index (κ2) is 12.8. The van der Waals surface area contributed by atoms with Gasteiger partial charge in [-0.1, -0.05) is 5.16 Å². The van der Waals surface area contributed by atoms with Gasteiger partial charge in [-0.2, -0.15) is 4.98 Å². The first-order valence-electron chi connectivity index (χ1n) is 10.3. The Bertz CT molecular complexity index is 1010. The molecule has 182 valence electrons. The monoisotopic (exact) mass is 475 g/mol. The third kappa shape index (κ3) is 8.78. The Morgan fingerprint density at radius 1 is 1.18 bits per heavy atom. The van der Waals surface area contributed by atoms with Crippen molar-refractivity contribution >= 4 is 23.5 Å². The van der Waals surface area contributed by atoms with Crippen LogP contribution >= 0.6 is 0 Å². The predicted octanol–water partition coefficient (Wildman–Crippen LogP) is 1.82. The summed E-state index contributed by atoms with van der Waals surface area (Å²) in [6.45, 7) is 2.78. The van der Waals surface area contributed by atoms with Gasteiger partial charge < -0.3 is 25.0 Å². The highest BCUT2D eigenvalue weighted by Gasteiger charge is 2.19. The molecule has 0 spiro atoms. The Labute approximate surface area is 194 Å². The molecular weight excluding hydrogens is 450 g/mol. The molecule has 0 bridgehead atoms. The van der Waals surface area contributed by atoms with E-state index in [-0.39, 0.29) is 23.3 Å². The van der Waals surface area contributed by atoms with E-state index in [0.29, 0.717) is 30.2 Å². The number of rotatable bonds is 8. The van der Waals surface area contributed by atoms with Gasteiger partial charge in [0.15, 0.2) is 0 Å². The van der Waals surface area contributed by atoms with Crippen molar-refractivity contribution in [3.63, 3.8) is 0 Å². The van der Waals surface area contributed by atoms with Crippen LogP contribution in [0.5, 0.6) is 0 Å². The number of likely N-dealkylation sites (tertiary alicyclic amines) is 1. The standard InChI is InChI=1S/C17H21N5O4.C4H4O4/c1-21-10-7-12(8-11-21)6-9-18-16(23)15-19-17(26-20-15)13-2-4-14(5-3-13)22(24)25;5-3(6)1-2-4(7)8/h2-5,12H,6-11H2,1H3,(H,18,23);1-2H,(H,5,6)(H,7,8). The van der Waals surface area contributed by atoms with Crippen molar-refractivity contribution in [2.45, 2.75) is 19.3 Å². The SMILES string of the molecule is CN1CCC(CCNC(=O)c2noc(-c3ccc([N+](=O)[O-])cc3)n2)CC1.O=C(O)C=CC(=O)O. The topological polar surface area (TPSA) is 189 Å². The smallest absolute Gasteiger partial charge is 0.328 e. The van der Waals surface area contributed by atoms with Crippen molar-refractivity contribution in [2.75, 3.05) is 26.7 Å². The first kappa shape index (κ1) is 26.1. The molecule has 0 unspecified atom stereocenters. The van der Waals surface area contributed by atoms with E-state index in [2.05, 4.69) is 27.4 Å². The van der Waals surface area contributed by atoms with Crippen LogP contribution in [0.25, 0.3) is 11.5 Å². The number of non-ortho nitro benzene ring substituents is 1. The Morgan fingerprint density at radius 2 is 1.76 bits per heavy atom. The Morgan fingerprint density at radius 3 is 2.29 bits per heavy atom. The van der Waals surface area contributed by atoms with E-state index in [9.17, 15) is 24.5 Å². The van der Waals surface area contributed by atoms with E-state index < -0.39 is 16.9 Å². The second-order valence-corrected chi connectivity index (χ2v) is 7.53. The maximum Gasteiger partial charge on any atom is 0.328 e. The van der Waals surface area contributed by atoms with Crippen molar-refractivity contribution in [2.24, 2.45) is 5.92 Å². The third-order valence-electron chi connectivity index (χ3n) is 5.00. The van der Waals surface area contributed by atoms with Gasteiger partial charge in [0.05, 0.1) is 4.92 Å². The fourth-order valence-electron chi connectivity index (χ4n) is 3.12. The summed E-state index contributed by atoms with van der Waals surface area (Å²) in [4.78, 5) is 47.8. The molecule has 13 heteroatoms. The molecule has 1 fully saturated rings. The molecule has 3 rings (SSSR count). The summed E-state index contributed by atoms with van der Waals surface area (Å²) in [5.41, 5.74) is 0.494. The molecule has 0 aliphatic carbocycles. The van der Waals surface area contributed by atoms with Crippen molar-refractivity contribution in [3.05, 3.63) is 52.4 Å². The number of nitrogens with zero attached hydrogens (tertiary/aromatic N) is 4. The molecule has 2 heterocycles. The van der Waals surface area contributed by atoms with Gasteiger partial charge in [-0.15, -0.1) is 0 Å². The van der Waals surface area contributed by atoms with Gasteiger partial charge in [-0.05, 0) is 57.5 Å². The van der Waals surface area contributed by atoms with Crippen molar-refractivity contribution in [3.8, 4) is 11.5 Å². The number of nitro groups is 1. The van der Waals surface area contributed by atoms with Gasteiger partial charge in [0.2, 0.25) is 0 Å². The largest absolute Gasteiger partial charge is 0.478 e. The lowest BCUT2D eigenvalue weighted by Crippen LogP contribution is -2.33. The minimum atomic E-state index is -1.26. The number of carboxylic acids is 2. The summed E-state index contributed by atoms with van der Waals surface area (Å²) < 4.78 is 5.08. The quantitative estimate of drug-likeness (QED) is 0.287. The van der Waals surface area contributed by atoms with Crippen molar-refractivity contribution in [1.82, 2.24) is 20.4 Å². The molecule has 34 heavy (non-hydrogen) atoms. The number of nitrogens with one attached hydrogen (secondary N) is 1. The van der Waals surface area contributed by atoms with Gasteiger partial charge in [-0.3, -0.25) is 14.9 Å². The number of hydrogen-bond donors (Lipinski definition) is 3. The number of carbonyl (C=O) groups is 3. The Balaban J connectivity index is 0.000000440. The Hall–Kier alpha value is -4.13. The van der Waals surface area contributed by atoms with Crippen LogP contribution in [0, 0.1) is 16.0 Å². The number of carboxylic acid groups (broad SMARTS) is 2. The number of carbonyl (C=O) groups excluding carboxylic acids is 1. The van der Waals surface area contributed by atoms with Gasteiger partial charge in [-0.25, -0.2) is 9.59 Å². The number of benzene rings is 1. The normalized spacial score (nSPS) is 14.3. The molecule has 1 aromatic heterocycles. The maximum absolute atomic E-state index is 12.1. The number of piperidine rings is 1. The number of nitro benzene ring substituents is 1. The molecule has 1 aliphatic rings. The van der Waals surface area contributed by atoms with E-state index in [0.717, 1.165) is 32.4 Å². The van der Waals surface area contributed by atoms with Crippen molar-refractivity contribution in [1.29, 1.82) is 0 Å². The summed E-state index contributed by atoms with van der Waals surface area (Å²) in [7, 11) is 2.12. The molecule has 2 aromatic rings. The molecule has 13 nitrogen and oxygen atoms in total. The molecule has 0 saturated carbocycles. The number of hydrogen-bond acceptors (Lipinski definition) is 9. The first-order chi connectivity index (χ1) is 16.2. The lowest BCUT2D eigenvalue weighted by Gasteiger charge is -2.28. The van der Waals surface area contributed by atoms with E-state index >= 15 is 0 Å². The molecule has 1 amide bonds. The lowest BCUT2D eigenvalue weighted by atomic mass is 9.94. The Kier molecular flexibility index (Phi) is 9.83. The first-order valence-corrected chi connectivity index (χ1v) is 10.3. The van der Waals surface area contributed by atoms with Crippen LogP contribution in [-0.4, -0.2) is 74.7 Å². The van der Waals surface area contributed by atoms with Crippen molar-refractivity contribution < 1.29 is 34.0 Å². The maximum atomic E-state index is 12.1. The molecule has 0 radical (unpaired) electrons. The van der Waals surface area contributed by atoms with Gasteiger partial charge in [0.1, 0.15) is 0 Å². The molecule has 1 aromatic carbocycles. The average molecular weight is 475 g/mol. The van der Waals surface area contributed by atoms with Gasteiger partial charge in [0, 0.05) is 36.4 Å². The summed E-state index contributed by atoms with van der Waals surface area (Å²) in [6, 6.07) is 5.71. The highest BCUT2D eigenvalue weighted by atomic mass is 16.6. The van der Waals surface area contributed by atoms with E-state index in [1.807, 2.05) is 0 Å². The third-order valence-corrected chi connectivity index (χ3v) is 5.00. The predicted molar refractivity (Wildman–Crippen MR) is 118 cm³/mol. The zero-order valence-corrected chi connectivity index (χ0v) is 18.4. The zero-order valence-electron chi connectivity index (χ0n) is 18.4. The van der Waals surface area contributed by atoms with E-state index in [1.165, 1.54) is 24.3 Å². The average Bonchev–Trinajstić information content (AvgIpc) is 3.30. The van der Waals surface area contributed by atoms with Crippen LogP contribution < -0.4 is 5.32 Å². The van der Waals surface area contributed by atoms with Crippen LogP contribution in [-0.2, 0) is 9.59 Å². The van der Waals surface area contributed by atoms with Crippen LogP contribution in [0.1, 0.15) is 29.9 Å². The van der Waals surface area contributed by atoms with Crippen LogP contribution in [0.4, 0.5) is 5.69 Å². The highest BCUT2D eigenvalue weighted by Crippen LogP contribution is 2.21.